The van der Waals surface area contributed by atoms with Crippen molar-refractivity contribution in [2.45, 2.75) is 36.9 Å². The minimum atomic E-state index is -3.50. The topological polar surface area (TPSA) is 89.2 Å². The van der Waals surface area contributed by atoms with Crippen molar-refractivity contribution in [2.75, 3.05) is 18.8 Å². The van der Waals surface area contributed by atoms with Crippen molar-refractivity contribution >= 4 is 26.5 Å². The van der Waals surface area contributed by atoms with Crippen molar-refractivity contribution < 1.29 is 8.42 Å². The molecule has 0 aromatic carbocycles. The first kappa shape index (κ1) is 13.7. The molecule has 0 bridgehead atoms. The van der Waals surface area contributed by atoms with Crippen molar-refractivity contribution in [1.29, 1.82) is 0 Å². The Balaban J connectivity index is 2.15. The summed E-state index contributed by atoms with van der Waals surface area (Å²) in [6.45, 7) is 3.29. The zero-order valence-electron chi connectivity index (χ0n) is 10.4. The monoisotopic (exact) mass is 290 g/mol. The van der Waals surface area contributed by atoms with Gasteiger partial charge in [-0.25, -0.2) is 8.42 Å². The van der Waals surface area contributed by atoms with Crippen LogP contribution < -0.4 is 5.73 Å². The van der Waals surface area contributed by atoms with Crippen LogP contribution in [0, 0.1) is 5.92 Å². The van der Waals surface area contributed by atoms with E-state index in [1.54, 1.807) is 0 Å². The summed E-state index contributed by atoms with van der Waals surface area (Å²) in [6.07, 6.45) is 4.04. The molecule has 2 heterocycles. The molecular formula is C10H18N4O2S2. The number of sulfonamides is 1. The summed E-state index contributed by atoms with van der Waals surface area (Å²) < 4.78 is 26.2. The third-order valence-corrected chi connectivity index (χ3v) is 6.36. The lowest BCUT2D eigenvalue weighted by molar-refractivity contribution is 0.407. The SMILES string of the molecule is CCC1CCCN(S(=O)(=O)c2nnc(N)s2)CC1. The summed E-state index contributed by atoms with van der Waals surface area (Å²) in [5.41, 5.74) is 5.44. The second-order valence-electron chi connectivity index (χ2n) is 4.52. The number of aromatic nitrogens is 2. The molecule has 1 aliphatic heterocycles. The Kier molecular flexibility index (Phi) is 4.18. The number of nitrogen functional groups attached to an aromatic ring is 1. The van der Waals surface area contributed by atoms with Gasteiger partial charge in [0.05, 0.1) is 0 Å². The Bertz CT molecular complexity index is 500. The van der Waals surface area contributed by atoms with E-state index >= 15 is 0 Å². The highest BCUT2D eigenvalue weighted by Gasteiger charge is 2.30. The van der Waals surface area contributed by atoms with Crippen LogP contribution in [0.2, 0.25) is 0 Å². The summed E-state index contributed by atoms with van der Waals surface area (Å²) >= 11 is 0.928. The third kappa shape index (κ3) is 2.81. The molecule has 8 heteroatoms. The molecule has 1 aliphatic rings. The molecule has 1 aromatic heterocycles. The van der Waals surface area contributed by atoms with E-state index in [0.29, 0.717) is 19.0 Å². The minimum Gasteiger partial charge on any atom is -0.374 e. The van der Waals surface area contributed by atoms with E-state index in [1.807, 2.05) is 0 Å². The van der Waals surface area contributed by atoms with Gasteiger partial charge in [0.25, 0.3) is 10.0 Å². The highest BCUT2D eigenvalue weighted by Crippen LogP contribution is 2.26. The molecule has 0 amide bonds. The largest absolute Gasteiger partial charge is 0.374 e. The molecule has 1 unspecified atom stereocenters. The van der Waals surface area contributed by atoms with Gasteiger partial charge in [-0.3, -0.25) is 0 Å². The Labute approximate surface area is 111 Å². The number of hydrogen-bond acceptors (Lipinski definition) is 6. The van der Waals surface area contributed by atoms with Crippen molar-refractivity contribution in [3.8, 4) is 0 Å². The van der Waals surface area contributed by atoms with Gasteiger partial charge in [0.2, 0.25) is 9.47 Å². The molecule has 0 spiro atoms. The van der Waals surface area contributed by atoms with Gasteiger partial charge >= 0.3 is 0 Å². The van der Waals surface area contributed by atoms with Gasteiger partial charge in [0.15, 0.2) is 0 Å². The van der Waals surface area contributed by atoms with Crippen LogP contribution in [0.3, 0.4) is 0 Å². The van der Waals surface area contributed by atoms with E-state index in [2.05, 4.69) is 17.1 Å². The quantitative estimate of drug-likeness (QED) is 0.907. The second-order valence-corrected chi connectivity index (χ2v) is 7.64. The fourth-order valence-corrected chi connectivity index (χ4v) is 4.64. The standard InChI is InChI=1S/C10H18N4O2S2/c1-2-8-4-3-6-14(7-5-8)18(15,16)10-13-12-9(11)17-10/h8H,2-7H2,1H3,(H2,11,12). The van der Waals surface area contributed by atoms with E-state index in [1.165, 1.54) is 4.31 Å². The minimum absolute atomic E-state index is 0.00921. The third-order valence-electron chi connectivity index (χ3n) is 3.37. The number of nitrogens with two attached hydrogens (primary N) is 1. The van der Waals surface area contributed by atoms with Crippen molar-refractivity contribution in [3.05, 3.63) is 0 Å². The maximum absolute atomic E-state index is 12.3. The summed E-state index contributed by atoms with van der Waals surface area (Å²) in [5.74, 6) is 0.629. The molecule has 18 heavy (non-hydrogen) atoms. The summed E-state index contributed by atoms with van der Waals surface area (Å²) in [5, 5.41) is 7.41. The first-order valence-corrected chi connectivity index (χ1v) is 8.39. The first-order valence-electron chi connectivity index (χ1n) is 6.13. The van der Waals surface area contributed by atoms with Gasteiger partial charge in [-0.1, -0.05) is 24.7 Å². The predicted molar refractivity (Wildman–Crippen MR) is 70.7 cm³/mol. The lowest BCUT2D eigenvalue weighted by Gasteiger charge is -2.17. The van der Waals surface area contributed by atoms with Crippen LogP contribution in [0.4, 0.5) is 5.13 Å². The zero-order chi connectivity index (χ0) is 13.2. The van der Waals surface area contributed by atoms with Crippen LogP contribution in [0.1, 0.15) is 32.6 Å². The molecule has 6 nitrogen and oxygen atoms in total. The van der Waals surface area contributed by atoms with Crippen LogP contribution >= 0.6 is 11.3 Å². The Morgan fingerprint density at radius 3 is 2.78 bits per heavy atom. The van der Waals surface area contributed by atoms with Crippen LogP contribution in [0.5, 0.6) is 0 Å². The Morgan fingerprint density at radius 2 is 2.17 bits per heavy atom. The summed E-state index contributed by atoms with van der Waals surface area (Å²) in [6, 6.07) is 0. The molecule has 2 rings (SSSR count). The molecule has 2 N–H and O–H groups in total. The van der Waals surface area contributed by atoms with E-state index < -0.39 is 10.0 Å². The molecule has 1 atom stereocenters. The maximum atomic E-state index is 12.3. The van der Waals surface area contributed by atoms with E-state index in [0.717, 1.165) is 37.0 Å². The number of anilines is 1. The highest BCUT2D eigenvalue weighted by molar-refractivity contribution is 7.91. The molecule has 1 fully saturated rings. The molecule has 0 radical (unpaired) electrons. The van der Waals surface area contributed by atoms with Gasteiger partial charge in [0.1, 0.15) is 0 Å². The average Bonchev–Trinajstić information content (AvgIpc) is 2.65. The van der Waals surface area contributed by atoms with Crippen molar-refractivity contribution in [1.82, 2.24) is 14.5 Å². The lowest BCUT2D eigenvalue weighted by Crippen LogP contribution is -2.32. The Hall–Kier alpha value is -0.730. The molecule has 0 saturated carbocycles. The molecule has 1 saturated heterocycles. The van der Waals surface area contributed by atoms with Crippen LogP contribution in [0.25, 0.3) is 0 Å². The first-order chi connectivity index (χ1) is 8.54. The van der Waals surface area contributed by atoms with Crippen LogP contribution in [0.15, 0.2) is 4.34 Å². The summed E-state index contributed by atoms with van der Waals surface area (Å²) in [4.78, 5) is 0. The van der Waals surface area contributed by atoms with Crippen molar-refractivity contribution in [3.63, 3.8) is 0 Å². The fraction of sp³-hybridized carbons (Fsp3) is 0.800. The van der Waals surface area contributed by atoms with Gasteiger partial charge < -0.3 is 5.73 Å². The predicted octanol–water partition coefficient (Wildman–Crippen LogP) is 1.32. The van der Waals surface area contributed by atoms with Crippen molar-refractivity contribution in [2.24, 2.45) is 5.92 Å². The van der Waals surface area contributed by atoms with Gasteiger partial charge in [-0.05, 0) is 25.2 Å². The van der Waals surface area contributed by atoms with Gasteiger partial charge in [-0.2, -0.15) is 4.31 Å². The lowest BCUT2D eigenvalue weighted by atomic mass is 9.98. The van der Waals surface area contributed by atoms with Crippen LogP contribution in [-0.2, 0) is 10.0 Å². The normalized spacial score (nSPS) is 22.8. The fourth-order valence-electron chi connectivity index (χ4n) is 2.22. The second kappa shape index (κ2) is 5.50. The highest BCUT2D eigenvalue weighted by atomic mass is 32.2. The van der Waals surface area contributed by atoms with Crippen LogP contribution in [-0.4, -0.2) is 36.0 Å². The van der Waals surface area contributed by atoms with Gasteiger partial charge in [0, 0.05) is 13.1 Å². The maximum Gasteiger partial charge on any atom is 0.272 e. The smallest absolute Gasteiger partial charge is 0.272 e. The molecule has 102 valence electrons. The van der Waals surface area contributed by atoms with E-state index in [9.17, 15) is 8.42 Å². The number of nitrogens with zero attached hydrogens (tertiary/aromatic N) is 3. The average molecular weight is 290 g/mol. The Morgan fingerprint density at radius 1 is 1.39 bits per heavy atom. The molecule has 0 aliphatic carbocycles. The molecular weight excluding hydrogens is 272 g/mol. The number of rotatable bonds is 3. The van der Waals surface area contributed by atoms with E-state index in [-0.39, 0.29) is 9.47 Å². The molecule has 1 aromatic rings. The van der Waals surface area contributed by atoms with E-state index in [4.69, 9.17) is 5.73 Å². The summed E-state index contributed by atoms with van der Waals surface area (Å²) in [7, 11) is -3.50. The van der Waals surface area contributed by atoms with Gasteiger partial charge in [-0.15, -0.1) is 10.2 Å². The zero-order valence-corrected chi connectivity index (χ0v) is 12.0. The number of hydrogen-bond donors (Lipinski definition) is 1.